The second-order valence-corrected chi connectivity index (χ2v) is 7.10. The van der Waals surface area contributed by atoms with Crippen molar-refractivity contribution in [1.82, 2.24) is 0 Å². The highest BCUT2D eigenvalue weighted by molar-refractivity contribution is 5.90. The van der Waals surface area contributed by atoms with Crippen LogP contribution in [0.5, 0.6) is 0 Å². The Bertz CT molecular complexity index is 840. The number of hydrogen-bond donors (Lipinski definition) is 0. The number of nitrogens with zero attached hydrogens (tertiary/aromatic N) is 1. The molecule has 24 heavy (non-hydrogen) atoms. The lowest BCUT2D eigenvalue weighted by molar-refractivity contribution is -0.150. The molecule has 0 aromatic heterocycles. The van der Waals surface area contributed by atoms with Crippen molar-refractivity contribution in [3.63, 3.8) is 0 Å². The number of rotatable bonds is 2. The van der Waals surface area contributed by atoms with Crippen LogP contribution in [0.1, 0.15) is 44.7 Å². The molecule has 122 valence electrons. The molecule has 2 atom stereocenters. The first-order valence-electron chi connectivity index (χ1n) is 8.11. The van der Waals surface area contributed by atoms with Gasteiger partial charge in [-0.05, 0) is 44.7 Å². The molecule has 3 heteroatoms. The van der Waals surface area contributed by atoms with Crippen LogP contribution >= 0.6 is 0 Å². The lowest BCUT2D eigenvalue weighted by atomic mass is 9.81. The number of carbonyl (C=O) groups excluding carboxylic acids is 1. The van der Waals surface area contributed by atoms with Gasteiger partial charge in [0, 0.05) is 16.7 Å². The molecule has 0 bridgehead atoms. The first kappa shape index (κ1) is 16.3. The van der Waals surface area contributed by atoms with Crippen molar-refractivity contribution >= 4 is 11.5 Å². The molecule has 2 aliphatic carbocycles. The van der Waals surface area contributed by atoms with E-state index in [2.05, 4.69) is 12.6 Å². The molecule has 2 unspecified atom stereocenters. The molecular weight excluding hydrogens is 298 g/mol. The maximum Gasteiger partial charge on any atom is 0.334 e. The van der Waals surface area contributed by atoms with Gasteiger partial charge in [-0.2, -0.15) is 5.26 Å². The Kier molecular flexibility index (Phi) is 3.72. The van der Waals surface area contributed by atoms with Gasteiger partial charge in [0.1, 0.15) is 0 Å². The van der Waals surface area contributed by atoms with Crippen LogP contribution in [0.4, 0.5) is 0 Å². The Morgan fingerprint density at radius 3 is 2.71 bits per heavy atom. The van der Waals surface area contributed by atoms with E-state index < -0.39 is 17.0 Å². The topological polar surface area (TPSA) is 50.1 Å². The van der Waals surface area contributed by atoms with Gasteiger partial charge in [-0.3, -0.25) is 0 Å². The van der Waals surface area contributed by atoms with Crippen LogP contribution in [0, 0.1) is 16.7 Å². The van der Waals surface area contributed by atoms with Crippen LogP contribution < -0.4 is 0 Å². The number of allylic oxidation sites excluding steroid dienone is 2. The first-order chi connectivity index (χ1) is 11.3. The number of carbonyl (C=O) groups is 1. The quantitative estimate of drug-likeness (QED) is 0.588. The van der Waals surface area contributed by atoms with E-state index in [4.69, 9.17) is 4.74 Å². The van der Waals surface area contributed by atoms with E-state index in [0.29, 0.717) is 18.4 Å². The third-order valence-electron chi connectivity index (χ3n) is 4.94. The number of benzene rings is 1. The highest BCUT2D eigenvalue weighted by atomic mass is 16.6. The molecule has 2 aliphatic rings. The predicted molar refractivity (Wildman–Crippen MR) is 93.7 cm³/mol. The monoisotopic (exact) mass is 319 g/mol. The highest BCUT2D eigenvalue weighted by Gasteiger charge is 2.45. The van der Waals surface area contributed by atoms with Gasteiger partial charge in [-0.15, -0.1) is 0 Å². The minimum absolute atomic E-state index is 0.377. The average Bonchev–Trinajstić information content (AvgIpc) is 2.69. The molecule has 0 aliphatic heterocycles. The van der Waals surface area contributed by atoms with E-state index in [1.165, 1.54) is 0 Å². The number of hydrogen-bond acceptors (Lipinski definition) is 3. The van der Waals surface area contributed by atoms with Gasteiger partial charge < -0.3 is 4.74 Å². The average molecular weight is 319 g/mol. The van der Waals surface area contributed by atoms with Gasteiger partial charge in [0.25, 0.3) is 0 Å². The SMILES string of the molecule is C=C(C)C(=O)OC1(C)C2=C(CC(C)(C#N)CC=C2)c2ccccc21. The summed E-state index contributed by atoms with van der Waals surface area (Å²) >= 11 is 0. The molecule has 1 aromatic carbocycles. The standard InChI is InChI=1S/C21H21NO2/c1-14(2)19(23)24-21(4)17-9-6-5-8-15(17)16-12-20(3,13-22)11-7-10-18(16)21/h5-10H,1,11-12H2,2-4H3. The van der Waals surface area contributed by atoms with Crippen LogP contribution in [0.2, 0.25) is 0 Å². The Morgan fingerprint density at radius 1 is 1.33 bits per heavy atom. The molecule has 0 heterocycles. The van der Waals surface area contributed by atoms with E-state index in [-0.39, 0.29) is 0 Å². The fourth-order valence-corrected chi connectivity index (χ4v) is 3.56. The van der Waals surface area contributed by atoms with Crippen LogP contribution in [0.3, 0.4) is 0 Å². The zero-order chi connectivity index (χ0) is 17.5. The molecule has 0 amide bonds. The smallest absolute Gasteiger partial charge is 0.334 e. The summed E-state index contributed by atoms with van der Waals surface area (Å²) in [7, 11) is 0. The van der Waals surface area contributed by atoms with Gasteiger partial charge in [-0.1, -0.05) is 43.0 Å². The van der Waals surface area contributed by atoms with E-state index >= 15 is 0 Å². The first-order valence-corrected chi connectivity index (χ1v) is 8.11. The maximum absolute atomic E-state index is 12.2. The fraction of sp³-hybridized carbons (Fsp3) is 0.333. The summed E-state index contributed by atoms with van der Waals surface area (Å²) in [4.78, 5) is 12.2. The second kappa shape index (κ2) is 5.49. The largest absolute Gasteiger partial charge is 0.446 e. The summed E-state index contributed by atoms with van der Waals surface area (Å²) in [5, 5.41) is 9.59. The minimum Gasteiger partial charge on any atom is -0.446 e. The maximum atomic E-state index is 12.2. The summed E-state index contributed by atoms with van der Waals surface area (Å²) in [5.74, 6) is -0.401. The fourth-order valence-electron chi connectivity index (χ4n) is 3.56. The Morgan fingerprint density at radius 2 is 2.04 bits per heavy atom. The van der Waals surface area contributed by atoms with Crippen molar-refractivity contribution in [1.29, 1.82) is 5.26 Å². The lowest BCUT2D eigenvalue weighted by Crippen LogP contribution is -2.29. The van der Waals surface area contributed by atoms with Gasteiger partial charge in [-0.25, -0.2) is 4.79 Å². The second-order valence-electron chi connectivity index (χ2n) is 7.10. The Labute approximate surface area is 142 Å². The third kappa shape index (κ3) is 2.39. The molecule has 3 nitrogen and oxygen atoms in total. The predicted octanol–water partition coefficient (Wildman–Crippen LogP) is 4.67. The molecule has 0 N–H and O–H groups in total. The van der Waals surface area contributed by atoms with Crippen molar-refractivity contribution in [3.8, 4) is 6.07 Å². The van der Waals surface area contributed by atoms with E-state index in [0.717, 1.165) is 22.3 Å². The third-order valence-corrected chi connectivity index (χ3v) is 4.94. The van der Waals surface area contributed by atoms with Gasteiger partial charge in [0.2, 0.25) is 0 Å². The Hall–Kier alpha value is -2.60. The number of fused-ring (bicyclic) bond motifs is 2. The minimum atomic E-state index is -0.848. The van der Waals surface area contributed by atoms with Gasteiger partial charge in [0.15, 0.2) is 5.60 Å². The summed E-state index contributed by atoms with van der Waals surface area (Å²) in [6.45, 7) is 9.24. The van der Waals surface area contributed by atoms with E-state index in [1.807, 2.05) is 50.3 Å². The van der Waals surface area contributed by atoms with Gasteiger partial charge >= 0.3 is 5.97 Å². The van der Waals surface area contributed by atoms with E-state index in [1.54, 1.807) is 6.92 Å². The van der Waals surface area contributed by atoms with Crippen molar-refractivity contribution in [2.45, 2.75) is 39.2 Å². The van der Waals surface area contributed by atoms with Crippen LogP contribution in [0.25, 0.3) is 5.57 Å². The van der Waals surface area contributed by atoms with Crippen molar-refractivity contribution < 1.29 is 9.53 Å². The molecule has 0 saturated carbocycles. The van der Waals surface area contributed by atoms with Crippen LogP contribution in [-0.4, -0.2) is 5.97 Å². The van der Waals surface area contributed by atoms with Crippen molar-refractivity contribution in [3.05, 3.63) is 65.3 Å². The molecule has 0 spiro atoms. The summed E-state index contributed by atoms with van der Waals surface area (Å²) in [5.41, 5.74) is 3.18. The highest BCUT2D eigenvalue weighted by Crippen LogP contribution is 2.53. The Balaban J connectivity index is 2.18. The van der Waals surface area contributed by atoms with Crippen molar-refractivity contribution in [2.75, 3.05) is 0 Å². The molecule has 0 fully saturated rings. The van der Waals surface area contributed by atoms with Gasteiger partial charge in [0.05, 0.1) is 11.5 Å². The molecular formula is C21H21NO2. The molecule has 0 saturated heterocycles. The normalized spacial score (nSPS) is 27.8. The number of esters is 1. The van der Waals surface area contributed by atoms with E-state index in [9.17, 15) is 10.1 Å². The summed E-state index contributed by atoms with van der Waals surface area (Å²) in [6, 6.07) is 10.4. The summed E-state index contributed by atoms with van der Waals surface area (Å²) in [6.07, 6.45) is 5.36. The zero-order valence-electron chi connectivity index (χ0n) is 14.3. The van der Waals surface area contributed by atoms with Crippen LogP contribution in [0.15, 0.2) is 54.1 Å². The lowest BCUT2D eigenvalue weighted by Gasteiger charge is -2.28. The number of ether oxygens (including phenoxy) is 1. The molecule has 1 aromatic rings. The molecule has 0 radical (unpaired) electrons. The van der Waals surface area contributed by atoms with Crippen molar-refractivity contribution in [2.24, 2.45) is 5.41 Å². The zero-order valence-corrected chi connectivity index (χ0v) is 14.3. The number of nitriles is 1. The molecule has 3 rings (SSSR count). The van der Waals surface area contributed by atoms with Crippen LogP contribution in [-0.2, 0) is 15.1 Å². The summed E-state index contributed by atoms with van der Waals surface area (Å²) < 4.78 is 5.88.